The number of halogens is 2. The van der Waals surface area contributed by atoms with Crippen molar-refractivity contribution in [3.63, 3.8) is 0 Å². The van der Waals surface area contributed by atoms with Crippen LogP contribution in [0.4, 0.5) is 11.5 Å². The summed E-state index contributed by atoms with van der Waals surface area (Å²) in [6.45, 7) is 1.99. The molecule has 0 radical (unpaired) electrons. The molecule has 3 aromatic rings. The molecular formula is C24H20Cl2N4O2. The van der Waals surface area contributed by atoms with Gasteiger partial charge in [0, 0.05) is 39.0 Å². The molecule has 1 aliphatic heterocycles. The second kappa shape index (κ2) is 8.11. The lowest BCUT2D eigenvalue weighted by molar-refractivity contribution is -0.116. The van der Waals surface area contributed by atoms with E-state index in [2.05, 4.69) is 15.7 Å². The van der Waals surface area contributed by atoms with E-state index >= 15 is 0 Å². The number of hydrogen-bond donors (Lipinski definition) is 2. The smallest absolute Gasteiger partial charge is 0.261 e. The number of nitrogens with zero attached hydrogens (tertiary/aromatic N) is 2. The lowest BCUT2D eigenvalue weighted by Gasteiger charge is -2.34. The first-order chi connectivity index (χ1) is 15.4. The molecule has 2 aliphatic rings. The molecule has 0 spiro atoms. The number of hydrogen-bond acceptors (Lipinski definition) is 4. The van der Waals surface area contributed by atoms with E-state index in [1.54, 1.807) is 22.9 Å². The number of rotatable bonds is 3. The summed E-state index contributed by atoms with van der Waals surface area (Å²) in [7, 11) is 0. The fraction of sp³-hybridized carbons (Fsp3) is 0.208. The zero-order valence-corrected chi connectivity index (χ0v) is 18.8. The van der Waals surface area contributed by atoms with Crippen molar-refractivity contribution in [2.75, 3.05) is 10.6 Å². The highest BCUT2D eigenvalue weighted by atomic mass is 35.5. The van der Waals surface area contributed by atoms with E-state index in [-0.39, 0.29) is 11.7 Å². The molecule has 2 N–H and O–H groups in total. The van der Waals surface area contributed by atoms with Gasteiger partial charge in [-0.15, -0.1) is 0 Å². The van der Waals surface area contributed by atoms with Gasteiger partial charge in [-0.1, -0.05) is 47.0 Å². The van der Waals surface area contributed by atoms with Crippen LogP contribution in [0.5, 0.6) is 0 Å². The molecule has 1 amide bonds. The van der Waals surface area contributed by atoms with Crippen LogP contribution >= 0.6 is 23.2 Å². The van der Waals surface area contributed by atoms with Crippen LogP contribution in [0.25, 0.3) is 0 Å². The molecule has 1 aromatic heterocycles. The van der Waals surface area contributed by atoms with Crippen LogP contribution in [0.15, 0.2) is 59.9 Å². The van der Waals surface area contributed by atoms with Crippen LogP contribution in [0, 0.1) is 6.92 Å². The van der Waals surface area contributed by atoms with E-state index in [9.17, 15) is 9.59 Å². The van der Waals surface area contributed by atoms with Crippen LogP contribution in [0.3, 0.4) is 0 Å². The quantitative estimate of drug-likeness (QED) is 0.513. The molecule has 162 valence electrons. The summed E-state index contributed by atoms with van der Waals surface area (Å²) in [5, 5.41) is 11.6. The topological polar surface area (TPSA) is 76.0 Å². The normalized spacial score (nSPS) is 17.5. The third-order valence-corrected chi connectivity index (χ3v) is 6.53. The Labute approximate surface area is 195 Å². The van der Waals surface area contributed by atoms with Gasteiger partial charge in [0.2, 0.25) is 0 Å². The highest BCUT2D eigenvalue weighted by Gasteiger charge is 2.39. The van der Waals surface area contributed by atoms with Gasteiger partial charge in [0.25, 0.3) is 5.91 Å². The number of aryl methyl sites for hydroxylation is 1. The number of anilines is 2. The monoisotopic (exact) mass is 466 g/mol. The number of Topliss-reactive ketones (excluding diaryl/α,β-unsaturated/α-hetero) is 1. The Morgan fingerprint density at radius 1 is 1.12 bits per heavy atom. The van der Waals surface area contributed by atoms with Crippen LogP contribution in [0.1, 0.15) is 46.8 Å². The van der Waals surface area contributed by atoms with Crippen molar-refractivity contribution in [1.82, 2.24) is 9.78 Å². The number of benzene rings is 2. The number of aromatic nitrogens is 2. The Hall–Kier alpha value is -3.09. The molecule has 0 saturated carbocycles. The molecule has 2 aromatic carbocycles. The number of nitrogens with one attached hydrogen (secondary N) is 2. The number of amides is 1. The van der Waals surface area contributed by atoms with Gasteiger partial charge in [-0.05, 0) is 44.0 Å². The van der Waals surface area contributed by atoms with Gasteiger partial charge in [-0.2, -0.15) is 5.10 Å². The van der Waals surface area contributed by atoms with Gasteiger partial charge in [0.15, 0.2) is 5.78 Å². The van der Waals surface area contributed by atoms with Crippen molar-refractivity contribution in [3.05, 3.63) is 86.7 Å². The van der Waals surface area contributed by atoms with Crippen molar-refractivity contribution in [2.24, 2.45) is 0 Å². The van der Waals surface area contributed by atoms with Gasteiger partial charge in [-0.25, -0.2) is 4.68 Å². The van der Waals surface area contributed by atoms with Crippen molar-refractivity contribution < 1.29 is 9.59 Å². The maximum Gasteiger partial charge on any atom is 0.261 e. The average molecular weight is 467 g/mol. The van der Waals surface area contributed by atoms with Crippen LogP contribution in [-0.2, 0) is 4.79 Å². The fourth-order valence-electron chi connectivity index (χ4n) is 4.30. The standard InChI is InChI=1S/C24H20Cl2N4O2/c1-13-8-10-14(11-9-13)28-24(32)15-12-27-30-22(20-16(25)4-2-5-17(20)26)21-18(29-23(15)30)6-3-7-19(21)31/h2,4-5,8-12,22,29H,3,6-7H2,1H3,(H,28,32)/t22-/m1/s1. The van der Waals surface area contributed by atoms with Crippen molar-refractivity contribution in [3.8, 4) is 0 Å². The molecule has 1 atom stereocenters. The Balaban J connectivity index is 1.61. The summed E-state index contributed by atoms with van der Waals surface area (Å²) in [4.78, 5) is 26.0. The van der Waals surface area contributed by atoms with Crippen LogP contribution in [-0.4, -0.2) is 21.5 Å². The van der Waals surface area contributed by atoms with Gasteiger partial charge in [0.1, 0.15) is 17.4 Å². The van der Waals surface area contributed by atoms with Crippen molar-refractivity contribution >= 4 is 46.4 Å². The molecule has 0 saturated heterocycles. The summed E-state index contributed by atoms with van der Waals surface area (Å²) in [6, 6.07) is 12.2. The Bertz CT molecular complexity index is 1260. The summed E-state index contributed by atoms with van der Waals surface area (Å²) in [5.41, 5.74) is 4.17. The van der Waals surface area contributed by atoms with Crippen molar-refractivity contribution in [2.45, 2.75) is 32.2 Å². The lowest BCUT2D eigenvalue weighted by atomic mass is 9.85. The Morgan fingerprint density at radius 3 is 2.56 bits per heavy atom. The number of carbonyl (C=O) groups excluding carboxylic acids is 2. The average Bonchev–Trinajstić information content (AvgIpc) is 3.19. The Morgan fingerprint density at radius 2 is 1.84 bits per heavy atom. The van der Waals surface area contributed by atoms with Gasteiger partial charge in [0.05, 0.1) is 6.20 Å². The first-order valence-corrected chi connectivity index (χ1v) is 11.1. The van der Waals surface area contributed by atoms with Crippen LogP contribution < -0.4 is 10.6 Å². The number of fused-ring (bicyclic) bond motifs is 1. The molecule has 2 heterocycles. The molecule has 0 unspecified atom stereocenters. The predicted octanol–water partition coefficient (Wildman–Crippen LogP) is 5.77. The van der Waals surface area contributed by atoms with E-state index in [1.807, 2.05) is 31.2 Å². The number of allylic oxidation sites excluding steroid dienone is 2. The summed E-state index contributed by atoms with van der Waals surface area (Å²) >= 11 is 13.1. The van der Waals surface area contributed by atoms with E-state index in [1.165, 1.54) is 6.20 Å². The summed E-state index contributed by atoms with van der Waals surface area (Å²) in [6.07, 6.45) is 3.40. The molecule has 5 rings (SSSR count). The second-order valence-corrected chi connectivity index (χ2v) is 8.82. The summed E-state index contributed by atoms with van der Waals surface area (Å²) < 4.78 is 1.64. The highest BCUT2D eigenvalue weighted by Crippen LogP contribution is 2.45. The molecule has 0 fully saturated rings. The maximum atomic E-state index is 13.1. The second-order valence-electron chi connectivity index (χ2n) is 8.00. The van der Waals surface area contributed by atoms with E-state index in [4.69, 9.17) is 23.2 Å². The lowest BCUT2D eigenvalue weighted by Crippen LogP contribution is -2.32. The summed E-state index contributed by atoms with van der Waals surface area (Å²) in [5.74, 6) is 0.258. The van der Waals surface area contributed by atoms with Gasteiger partial charge >= 0.3 is 0 Å². The zero-order valence-electron chi connectivity index (χ0n) is 17.3. The van der Waals surface area contributed by atoms with Gasteiger partial charge in [-0.3, -0.25) is 9.59 Å². The molecule has 1 aliphatic carbocycles. The third kappa shape index (κ3) is 3.49. The zero-order chi connectivity index (χ0) is 22.4. The molecule has 6 nitrogen and oxygen atoms in total. The van der Waals surface area contributed by atoms with Gasteiger partial charge < -0.3 is 10.6 Å². The first kappa shape index (κ1) is 20.8. The minimum absolute atomic E-state index is 0.0338. The fourth-order valence-corrected chi connectivity index (χ4v) is 4.90. The number of carbonyl (C=O) groups is 2. The molecular weight excluding hydrogens is 447 g/mol. The molecule has 0 bridgehead atoms. The number of ketones is 1. The SMILES string of the molecule is Cc1ccc(NC(=O)c2cnn3c2NC2=C(C(=O)CCC2)[C@H]3c2c(Cl)cccc2Cl)cc1. The molecule has 8 heteroatoms. The van der Waals surface area contributed by atoms with E-state index in [0.717, 1.165) is 17.7 Å². The largest absolute Gasteiger partial charge is 0.343 e. The van der Waals surface area contributed by atoms with Crippen molar-refractivity contribution in [1.29, 1.82) is 0 Å². The predicted molar refractivity (Wildman–Crippen MR) is 125 cm³/mol. The minimum atomic E-state index is -0.601. The Kier molecular flexibility index (Phi) is 5.27. The van der Waals surface area contributed by atoms with Crippen LogP contribution in [0.2, 0.25) is 10.0 Å². The minimum Gasteiger partial charge on any atom is -0.343 e. The molecule has 32 heavy (non-hydrogen) atoms. The maximum absolute atomic E-state index is 13.1. The first-order valence-electron chi connectivity index (χ1n) is 10.4. The third-order valence-electron chi connectivity index (χ3n) is 5.87. The van der Waals surface area contributed by atoms with E-state index < -0.39 is 6.04 Å². The highest BCUT2D eigenvalue weighted by molar-refractivity contribution is 6.36. The van der Waals surface area contributed by atoms with E-state index in [0.29, 0.717) is 51.1 Å².